The van der Waals surface area contributed by atoms with Crippen LogP contribution in [0.3, 0.4) is 0 Å². The summed E-state index contributed by atoms with van der Waals surface area (Å²) in [6.45, 7) is 18.8. The summed E-state index contributed by atoms with van der Waals surface area (Å²) in [7, 11) is 0. The molecule has 0 aliphatic rings. The number of fused-ring (bicyclic) bond motifs is 1. The third-order valence-electron chi connectivity index (χ3n) is 22.0. The Morgan fingerprint density at radius 2 is 0.574 bits per heavy atom. The summed E-state index contributed by atoms with van der Waals surface area (Å²) >= 11 is 0. The van der Waals surface area contributed by atoms with Gasteiger partial charge in [0.15, 0.2) is 17.9 Å². The number of unbranched alkanes of at least 4 members (excludes halogenated alkanes) is 2. The fourth-order valence-electron chi connectivity index (χ4n) is 15.1. The van der Waals surface area contributed by atoms with Crippen molar-refractivity contribution in [3.8, 4) is 0 Å². The van der Waals surface area contributed by atoms with Crippen molar-refractivity contribution < 1.29 is 67.1 Å². The lowest BCUT2D eigenvalue weighted by molar-refractivity contribution is -0.136. The van der Waals surface area contributed by atoms with Gasteiger partial charge in [-0.2, -0.15) is 0 Å². The molecule has 136 heavy (non-hydrogen) atoms. The molecule has 47 heteroatoms. The zero-order valence-corrected chi connectivity index (χ0v) is 79.8. The summed E-state index contributed by atoms with van der Waals surface area (Å²) in [6, 6.07) is -11.7. The number of para-hydroxylation sites is 1. The van der Waals surface area contributed by atoms with E-state index in [1.54, 1.807) is 53.8 Å². The number of benzene rings is 1. The highest BCUT2D eigenvalue weighted by atomic mass is 16.2. The summed E-state index contributed by atoms with van der Waals surface area (Å²) in [5, 5.41) is 67.9. The maximum atomic E-state index is 15.1. The van der Waals surface area contributed by atoms with Gasteiger partial charge in [-0.25, -0.2) is 15.0 Å². The molecule has 0 unspecified atom stereocenters. The molecule has 14 atom stereocenters. The minimum Gasteiger partial charge on any atom is -0.370 e. The first-order valence-electron chi connectivity index (χ1n) is 46.6. The van der Waals surface area contributed by atoms with Crippen LogP contribution in [0.1, 0.15) is 201 Å². The molecule has 0 bridgehead atoms. The highest BCUT2D eigenvalue weighted by Gasteiger charge is 2.40. The Kier molecular flexibility index (Phi) is 49.4. The number of hydrogen-bond acceptors (Lipinski definition) is 23. The van der Waals surface area contributed by atoms with E-state index < -0.39 is 167 Å². The smallest absolute Gasteiger partial charge is 0.243 e. The number of guanidine groups is 3. The summed E-state index contributed by atoms with van der Waals surface area (Å²) in [5.74, 6) is -13.8. The molecule has 0 aliphatic heterocycles. The fraction of sp³-hybridized carbons (Fsp3) is 0.618. The Morgan fingerprint density at radius 1 is 0.316 bits per heavy atom. The number of aromatic amines is 4. The third-order valence-corrected chi connectivity index (χ3v) is 22.0. The van der Waals surface area contributed by atoms with Crippen molar-refractivity contribution in [2.45, 2.75) is 289 Å². The molecule has 4 heterocycles. The summed E-state index contributed by atoms with van der Waals surface area (Å²) in [5.41, 5.74) is 43.3. The van der Waals surface area contributed by atoms with E-state index in [2.05, 4.69) is 120 Å². The molecule has 47 nitrogen and oxygen atoms in total. The first-order chi connectivity index (χ1) is 64.5. The number of hydrogen-bond donors (Lipinski definition) is 30. The van der Waals surface area contributed by atoms with Gasteiger partial charge in [0.05, 0.1) is 25.0 Å². The highest BCUT2D eigenvalue weighted by Crippen LogP contribution is 2.22. The lowest BCUT2D eigenvalue weighted by atomic mass is 9.98. The maximum Gasteiger partial charge on any atom is 0.243 e. The molecule has 0 fully saturated rings. The molecule has 0 saturated heterocycles. The van der Waals surface area contributed by atoms with Crippen molar-refractivity contribution >= 4 is 111 Å². The number of amides is 14. The van der Waals surface area contributed by atoms with Crippen LogP contribution in [0.2, 0.25) is 0 Å². The van der Waals surface area contributed by atoms with E-state index >= 15 is 33.6 Å². The zero-order chi connectivity index (χ0) is 101. The SMILES string of the molecule is CC(C)C[C@H](NC(=O)[C@H](CC(C)C)NC(=O)[C@H](Cc1cnc[nH]1)NC(=O)[C@H](Cc1cnc[nH]1)NC(=O)[C@H](CC(C)C)NC(=O)[C@H](CCCCN)NC(=O)[C@H](CCCCN)NC(=O)[C@H](CC(C)C)NC(=O)[C@H](CC(C)C)NC(=O)[C@H](CCCNC(=N)N)NC(=O)[C@H](CCCNC(=N)N)NC(=O)[C@H](Cc1c[nH]c2ccccc12)NC(=O)[C@@H](N)CCCNC(=N)N)C(=O)N[C@@H](Cc1cnc[nH]1)C(N)=O. The number of rotatable bonds is 65. The molecule has 5 aromatic rings. The van der Waals surface area contributed by atoms with Crippen molar-refractivity contribution in [1.82, 2.24) is 120 Å². The van der Waals surface area contributed by atoms with E-state index in [0.29, 0.717) is 41.9 Å². The molecule has 0 spiro atoms. The summed E-state index contributed by atoms with van der Waals surface area (Å²) in [6.07, 6.45) is 11.4. The average molecular weight is 1910 g/mol. The molecule has 0 saturated carbocycles. The van der Waals surface area contributed by atoms with E-state index in [1.807, 2.05) is 45.9 Å². The van der Waals surface area contributed by atoms with Crippen molar-refractivity contribution in [2.75, 3.05) is 32.7 Å². The predicted octanol–water partition coefficient (Wildman–Crippen LogP) is -3.00. The molecule has 0 radical (unpaired) electrons. The lowest BCUT2D eigenvalue weighted by Gasteiger charge is -2.29. The van der Waals surface area contributed by atoms with Crippen LogP contribution in [0.25, 0.3) is 10.9 Å². The molecule has 37 N–H and O–H groups in total. The molecule has 14 amide bonds. The monoisotopic (exact) mass is 1900 g/mol. The van der Waals surface area contributed by atoms with Crippen LogP contribution < -0.4 is 125 Å². The molecule has 1 aromatic carbocycles. The van der Waals surface area contributed by atoms with Gasteiger partial charge in [-0.1, -0.05) is 87.4 Å². The number of nitrogens with one attached hydrogen (secondary N) is 23. The number of carbonyl (C=O) groups is 14. The molecular weight excluding hydrogens is 1760 g/mol. The Hall–Kier alpha value is -13.3. The van der Waals surface area contributed by atoms with Gasteiger partial charge in [-0.3, -0.25) is 83.4 Å². The number of nitrogens with zero attached hydrogens (tertiary/aromatic N) is 3. The van der Waals surface area contributed by atoms with Gasteiger partial charge in [0.2, 0.25) is 82.7 Å². The second kappa shape index (κ2) is 59.4. The van der Waals surface area contributed by atoms with Crippen molar-refractivity contribution in [2.24, 2.45) is 69.7 Å². The Morgan fingerprint density at radius 3 is 0.868 bits per heavy atom. The second-order valence-electron chi connectivity index (χ2n) is 36.4. The maximum absolute atomic E-state index is 15.1. The number of H-pyrrole nitrogens is 4. The predicted molar refractivity (Wildman–Crippen MR) is 512 cm³/mol. The van der Waals surface area contributed by atoms with Crippen molar-refractivity contribution in [3.05, 3.63) is 90.7 Å². The standard InChI is InChI=1S/C89H149N33O14/c1-48(2)32-65(118-81(131)67(34-50(5)6)117-78(128)63(26-19-31-105-89(98)99)111-76(126)62(25-18-30-104-88(96)97)113-84(134)70(37-53-41-106-59-22-12-11-20-57(53)59)115-74(124)58(92)21-17-29-103-87(94)95)79(129)112-60(23-13-15-27-90)75(125)110-61(24-14-16-28-91)77(127)116-68(35-51(7)8)83(133)121-72(40-56-44-102-47-109-56)86(136)122-71(39-55-43-101-46-108-55)85(135)120-69(36-52(9)10)82(132)119-66(33-49(3)4)80(130)114-64(73(93)123)38-54-42-100-45-107-54/h11-12,20,22,41-52,58,60-72,106H,13-19,21,23-40,90-92H2,1-10H3,(H2,93,123)(H,100,107)(H,101,108)(H,102,109)(H,110,125)(H,111,126)(H,112,129)(H,113,134)(H,114,130)(H,115,124)(H,116,127)(H,117,128)(H,118,131)(H,119,132)(H,120,135)(H,121,133)(H,122,136)(H4,94,95,103)(H4,96,97,104)(H4,98,99,105)/t58-,60-,61-,62-,63-,64-,65-,66-,67-,68-,69-,70-,71-,72-/m0/s1. The van der Waals surface area contributed by atoms with E-state index in [-0.39, 0.29) is 196 Å². The van der Waals surface area contributed by atoms with E-state index in [0.717, 1.165) is 10.9 Å². The van der Waals surface area contributed by atoms with Crippen LogP contribution in [0.4, 0.5) is 0 Å². The van der Waals surface area contributed by atoms with Gasteiger partial charge in [-0.05, 0) is 163 Å². The first-order valence-corrected chi connectivity index (χ1v) is 46.6. The van der Waals surface area contributed by atoms with Crippen molar-refractivity contribution in [3.63, 3.8) is 0 Å². The van der Waals surface area contributed by atoms with Crippen LogP contribution >= 0.6 is 0 Å². The Bertz CT molecular complexity index is 4640. The van der Waals surface area contributed by atoms with Crippen LogP contribution in [-0.2, 0) is 92.8 Å². The summed E-state index contributed by atoms with van der Waals surface area (Å²) in [4.78, 5) is 229. The normalized spacial score (nSPS) is 14.5. The quantitative estimate of drug-likeness (QED) is 0.0105. The van der Waals surface area contributed by atoms with E-state index in [1.165, 1.54) is 37.6 Å². The van der Waals surface area contributed by atoms with Gasteiger partial charge in [0.1, 0.15) is 78.5 Å². The molecule has 5 rings (SSSR count). The van der Waals surface area contributed by atoms with Crippen LogP contribution in [0, 0.1) is 45.8 Å². The minimum absolute atomic E-state index is 0.0112. The number of nitrogens with two attached hydrogens (primary N) is 7. The lowest BCUT2D eigenvalue weighted by Crippen LogP contribution is -2.61. The van der Waals surface area contributed by atoms with Crippen LogP contribution in [0.5, 0.6) is 0 Å². The van der Waals surface area contributed by atoms with Gasteiger partial charge in [0.25, 0.3) is 0 Å². The van der Waals surface area contributed by atoms with Gasteiger partial charge < -0.3 is 145 Å². The van der Waals surface area contributed by atoms with E-state index in [4.69, 9.17) is 56.4 Å². The molecule has 0 aliphatic carbocycles. The minimum atomic E-state index is -1.51. The number of imidazole rings is 3. The van der Waals surface area contributed by atoms with Gasteiger partial charge in [0, 0.05) is 98.1 Å². The van der Waals surface area contributed by atoms with Crippen molar-refractivity contribution in [1.29, 1.82) is 16.2 Å². The van der Waals surface area contributed by atoms with Gasteiger partial charge >= 0.3 is 0 Å². The largest absolute Gasteiger partial charge is 0.370 e. The number of primary amides is 1. The number of aromatic nitrogens is 7. The van der Waals surface area contributed by atoms with E-state index in [9.17, 15) is 33.6 Å². The van der Waals surface area contributed by atoms with Gasteiger partial charge in [-0.15, -0.1) is 0 Å². The van der Waals surface area contributed by atoms with Crippen LogP contribution in [0.15, 0.2) is 68.0 Å². The fourth-order valence-corrected chi connectivity index (χ4v) is 15.1. The number of carbonyl (C=O) groups excluding carboxylic acids is 14. The summed E-state index contributed by atoms with van der Waals surface area (Å²) < 4.78 is 0. The van der Waals surface area contributed by atoms with Crippen LogP contribution in [-0.4, -0.2) is 253 Å². The second-order valence-corrected chi connectivity index (χ2v) is 36.4. The topological polar surface area (TPSA) is 787 Å². The average Bonchev–Trinajstić information content (AvgIpc) is 1.67. The molecule has 754 valence electrons. The Balaban J connectivity index is 1.41. The third kappa shape index (κ3) is 42.1. The zero-order valence-electron chi connectivity index (χ0n) is 79.8. The first kappa shape index (κ1) is 113. The highest BCUT2D eigenvalue weighted by molar-refractivity contribution is 6.01. The molecular formula is C89H149N33O14. The Labute approximate surface area is 793 Å². The molecule has 4 aromatic heterocycles.